The molecule has 1 aliphatic heterocycles. The molecule has 1 saturated heterocycles. The largest absolute Gasteiger partial charge is 0.378 e. The predicted molar refractivity (Wildman–Crippen MR) is 112 cm³/mol. The lowest BCUT2D eigenvalue weighted by molar-refractivity contribution is 0.102. The second-order valence-electron chi connectivity index (χ2n) is 6.68. The van der Waals surface area contributed by atoms with E-state index in [2.05, 4.69) is 26.3 Å². The Morgan fingerprint density at radius 2 is 1.75 bits per heavy atom. The van der Waals surface area contributed by atoms with Crippen LogP contribution in [-0.4, -0.2) is 42.2 Å². The molecule has 1 N–H and O–H groups in total. The lowest BCUT2D eigenvalue weighted by Crippen LogP contribution is -2.37. The average Bonchev–Trinajstić information content (AvgIpc) is 3.26. The number of ether oxygens (including phenoxy) is 1. The van der Waals surface area contributed by atoms with Crippen LogP contribution in [0, 0.1) is 13.8 Å². The first kappa shape index (κ1) is 18.6. The number of hydrogen-bond acceptors (Lipinski definition) is 6. The summed E-state index contributed by atoms with van der Waals surface area (Å²) in [6.07, 6.45) is 0. The first-order valence-corrected chi connectivity index (χ1v) is 10.1. The number of aryl methyl sites for hydroxylation is 2. The van der Waals surface area contributed by atoms with Crippen molar-refractivity contribution < 1.29 is 9.53 Å². The molecule has 6 nitrogen and oxygen atoms in total. The molecule has 0 radical (unpaired) electrons. The van der Waals surface area contributed by atoms with Crippen molar-refractivity contribution in [3.8, 4) is 10.4 Å². The highest BCUT2D eigenvalue weighted by molar-refractivity contribution is 7.13. The summed E-state index contributed by atoms with van der Waals surface area (Å²) in [5.41, 5.74) is 3.91. The molecule has 1 aliphatic rings. The zero-order valence-corrected chi connectivity index (χ0v) is 16.8. The molecular weight excluding hydrogens is 372 g/mol. The van der Waals surface area contributed by atoms with Gasteiger partial charge in [0, 0.05) is 23.5 Å². The number of hydrogen-bond donors (Lipinski definition) is 1. The van der Waals surface area contributed by atoms with Crippen LogP contribution < -0.4 is 10.2 Å². The summed E-state index contributed by atoms with van der Waals surface area (Å²) >= 11 is 1.68. The van der Waals surface area contributed by atoms with Crippen molar-refractivity contribution in [1.29, 1.82) is 0 Å². The van der Waals surface area contributed by atoms with Crippen molar-refractivity contribution in [2.24, 2.45) is 0 Å². The topological polar surface area (TPSA) is 67.3 Å². The summed E-state index contributed by atoms with van der Waals surface area (Å²) in [5, 5.41) is 5.02. The fourth-order valence-electron chi connectivity index (χ4n) is 3.20. The van der Waals surface area contributed by atoms with Gasteiger partial charge in [-0.15, -0.1) is 11.3 Å². The van der Waals surface area contributed by atoms with E-state index in [0.717, 1.165) is 30.0 Å². The van der Waals surface area contributed by atoms with E-state index in [1.54, 1.807) is 11.3 Å². The second-order valence-corrected chi connectivity index (χ2v) is 7.63. The number of amides is 1. The van der Waals surface area contributed by atoms with E-state index in [-0.39, 0.29) is 5.91 Å². The van der Waals surface area contributed by atoms with Crippen LogP contribution in [0.3, 0.4) is 0 Å². The SMILES string of the molecule is Cc1nc(N2CCOCC2)nc(C)c1NC(=O)c1ccc(-c2cccs2)cc1. The Morgan fingerprint density at radius 1 is 1.07 bits per heavy atom. The van der Waals surface area contributed by atoms with Gasteiger partial charge >= 0.3 is 0 Å². The highest BCUT2D eigenvalue weighted by atomic mass is 32.1. The first-order valence-electron chi connectivity index (χ1n) is 9.25. The molecule has 0 unspecified atom stereocenters. The third-order valence-electron chi connectivity index (χ3n) is 4.74. The Morgan fingerprint density at radius 3 is 2.36 bits per heavy atom. The van der Waals surface area contributed by atoms with Crippen molar-refractivity contribution in [1.82, 2.24) is 9.97 Å². The molecule has 28 heavy (non-hydrogen) atoms. The molecule has 0 spiro atoms. The van der Waals surface area contributed by atoms with Crippen LogP contribution in [-0.2, 0) is 4.74 Å². The maximum atomic E-state index is 12.7. The molecule has 1 amide bonds. The highest BCUT2D eigenvalue weighted by Gasteiger charge is 2.18. The molecule has 0 atom stereocenters. The summed E-state index contributed by atoms with van der Waals surface area (Å²) in [6.45, 7) is 6.72. The first-order chi connectivity index (χ1) is 13.6. The summed E-state index contributed by atoms with van der Waals surface area (Å²) in [7, 11) is 0. The van der Waals surface area contributed by atoms with E-state index in [0.29, 0.717) is 30.4 Å². The maximum absolute atomic E-state index is 12.7. The minimum Gasteiger partial charge on any atom is -0.378 e. The standard InChI is InChI=1S/C21H22N4O2S/c1-14-19(15(2)23-21(22-14)25-9-11-27-12-10-25)24-20(26)17-7-5-16(6-8-17)18-4-3-13-28-18/h3-8,13H,9-12H2,1-2H3,(H,24,26). The zero-order valence-electron chi connectivity index (χ0n) is 15.9. The lowest BCUT2D eigenvalue weighted by Gasteiger charge is -2.27. The van der Waals surface area contributed by atoms with Crippen molar-refractivity contribution in [3.63, 3.8) is 0 Å². The third-order valence-corrected chi connectivity index (χ3v) is 5.66. The predicted octanol–water partition coefficient (Wildman–Crippen LogP) is 3.91. The average molecular weight is 395 g/mol. The van der Waals surface area contributed by atoms with Crippen LogP contribution in [0.2, 0.25) is 0 Å². The van der Waals surface area contributed by atoms with E-state index >= 15 is 0 Å². The van der Waals surface area contributed by atoms with Gasteiger partial charge < -0.3 is 15.0 Å². The minimum atomic E-state index is -0.161. The summed E-state index contributed by atoms with van der Waals surface area (Å²) in [6, 6.07) is 11.7. The van der Waals surface area contributed by atoms with Crippen LogP contribution in [0.1, 0.15) is 21.7 Å². The number of nitrogens with one attached hydrogen (secondary N) is 1. The van der Waals surface area contributed by atoms with Gasteiger partial charge in [-0.3, -0.25) is 4.79 Å². The van der Waals surface area contributed by atoms with Crippen LogP contribution in [0.15, 0.2) is 41.8 Å². The number of nitrogens with zero attached hydrogens (tertiary/aromatic N) is 3. The van der Waals surface area contributed by atoms with Gasteiger partial charge in [0.25, 0.3) is 5.91 Å². The van der Waals surface area contributed by atoms with E-state index in [1.165, 1.54) is 4.88 Å². The van der Waals surface area contributed by atoms with E-state index < -0.39 is 0 Å². The number of aromatic nitrogens is 2. The van der Waals surface area contributed by atoms with E-state index in [1.807, 2.05) is 49.6 Å². The Bertz CT molecular complexity index is 942. The van der Waals surface area contributed by atoms with Crippen molar-refractivity contribution in [3.05, 3.63) is 58.7 Å². The fraction of sp³-hybridized carbons (Fsp3) is 0.286. The molecule has 7 heteroatoms. The summed E-state index contributed by atoms with van der Waals surface area (Å²) < 4.78 is 5.39. The van der Waals surface area contributed by atoms with Crippen LogP contribution in [0.5, 0.6) is 0 Å². The smallest absolute Gasteiger partial charge is 0.255 e. The number of thiophene rings is 1. The van der Waals surface area contributed by atoms with E-state index in [4.69, 9.17) is 4.74 Å². The molecule has 144 valence electrons. The number of morpholine rings is 1. The monoisotopic (exact) mass is 394 g/mol. The van der Waals surface area contributed by atoms with Crippen LogP contribution in [0.4, 0.5) is 11.6 Å². The summed E-state index contributed by atoms with van der Waals surface area (Å²) in [4.78, 5) is 25.2. The van der Waals surface area contributed by atoms with Gasteiger partial charge in [0.15, 0.2) is 0 Å². The van der Waals surface area contributed by atoms with Crippen LogP contribution in [0.25, 0.3) is 10.4 Å². The zero-order chi connectivity index (χ0) is 19.5. The normalized spacial score (nSPS) is 14.1. The number of carbonyl (C=O) groups is 1. The molecule has 4 rings (SSSR count). The van der Waals surface area contributed by atoms with E-state index in [9.17, 15) is 4.79 Å². The Labute approximate surface area is 168 Å². The van der Waals surface area contributed by atoms with Crippen molar-refractivity contribution in [2.75, 3.05) is 36.5 Å². The lowest BCUT2D eigenvalue weighted by atomic mass is 10.1. The van der Waals surface area contributed by atoms with Crippen LogP contribution >= 0.6 is 11.3 Å². The highest BCUT2D eigenvalue weighted by Crippen LogP contribution is 2.26. The Balaban J connectivity index is 1.51. The second kappa shape index (κ2) is 8.08. The Kier molecular flexibility index (Phi) is 5.36. The molecular formula is C21H22N4O2S. The molecule has 0 saturated carbocycles. The van der Waals surface area contributed by atoms with Gasteiger partial charge in [0.2, 0.25) is 5.95 Å². The van der Waals surface area contributed by atoms with Gasteiger partial charge in [0.1, 0.15) is 0 Å². The molecule has 0 aliphatic carbocycles. The molecule has 1 aromatic carbocycles. The molecule has 2 aromatic heterocycles. The molecule has 1 fully saturated rings. The minimum absolute atomic E-state index is 0.161. The maximum Gasteiger partial charge on any atom is 0.255 e. The third kappa shape index (κ3) is 3.90. The molecule has 3 aromatic rings. The summed E-state index contributed by atoms with van der Waals surface area (Å²) in [5.74, 6) is 0.531. The fourth-order valence-corrected chi connectivity index (χ4v) is 3.93. The molecule has 3 heterocycles. The Hall–Kier alpha value is -2.77. The number of carbonyl (C=O) groups excluding carboxylic acids is 1. The van der Waals surface area contributed by atoms with Crippen molar-refractivity contribution >= 4 is 28.9 Å². The molecule has 0 bridgehead atoms. The number of anilines is 2. The number of benzene rings is 1. The van der Waals surface area contributed by atoms with Gasteiger partial charge in [-0.1, -0.05) is 18.2 Å². The van der Waals surface area contributed by atoms with Gasteiger partial charge in [-0.05, 0) is 43.0 Å². The quantitative estimate of drug-likeness (QED) is 0.727. The van der Waals surface area contributed by atoms with Gasteiger partial charge in [-0.2, -0.15) is 0 Å². The van der Waals surface area contributed by atoms with Crippen molar-refractivity contribution in [2.45, 2.75) is 13.8 Å². The van der Waals surface area contributed by atoms with Gasteiger partial charge in [-0.25, -0.2) is 9.97 Å². The van der Waals surface area contributed by atoms with Gasteiger partial charge in [0.05, 0.1) is 30.3 Å². The number of rotatable bonds is 4.